The van der Waals surface area contributed by atoms with Gasteiger partial charge in [-0.3, -0.25) is 4.79 Å². The number of likely N-dealkylation sites (N-methyl/N-ethyl adjacent to an activating group) is 1. The molecule has 0 amide bonds. The van der Waals surface area contributed by atoms with Gasteiger partial charge in [0.2, 0.25) is 0 Å². The minimum absolute atomic E-state index is 0.157. The SMILES string of the molecule is CSc1ncc2c(=O)n(CCN(C)C)n(-c3cccc(C(C)(C)O)n3)c2n1. The second-order valence-electron chi connectivity index (χ2n) is 7.08. The predicted molar refractivity (Wildman–Crippen MR) is 106 cm³/mol. The molecule has 0 aromatic carbocycles. The fraction of sp³-hybridized carbons (Fsp3) is 0.444. The van der Waals surface area contributed by atoms with Crippen LogP contribution in [0.15, 0.2) is 34.3 Å². The molecule has 8 nitrogen and oxygen atoms in total. The summed E-state index contributed by atoms with van der Waals surface area (Å²) < 4.78 is 3.34. The summed E-state index contributed by atoms with van der Waals surface area (Å²) in [5.74, 6) is 0.534. The van der Waals surface area contributed by atoms with E-state index in [0.717, 1.165) is 0 Å². The maximum absolute atomic E-state index is 13.0. The van der Waals surface area contributed by atoms with Crippen LogP contribution in [0.3, 0.4) is 0 Å². The van der Waals surface area contributed by atoms with Crippen LogP contribution in [0, 0.1) is 0 Å². The Morgan fingerprint density at radius 2 is 2.00 bits per heavy atom. The first kappa shape index (κ1) is 19.5. The number of fused-ring (bicyclic) bond motifs is 1. The van der Waals surface area contributed by atoms with Crippen LogP contribution in [0.5, 0.6) is 0 Å². The normalized spacial score (nSPS) is 12.3. The van der Waals surface area contributed by atoms with E-state index in [4.69, 9.17) is 0 Å². The maximum Gasteiger partial charge on any atom is 0.278 e. The van der Waals surface area contributed by atoms with Crippen LogP contribution in [0.1, 0.15) is 19.5 Å². The maximum atomic E-state index is 13.0. The Morgan fingerprint density at radius 1 is 1.26 bits per heavy atom. The van der Waals surface area contributed by atoms with E-state index < -0.39 is 5.60 Å². The molecule has 144 valence electrons. The topological polar surface area (TPSA) is 89.1 Å². The van der Waals surface area contributed by atoms with Gasteiger partial charge in [-0.25, -0.2) is 24.3 Å². The molecule has 0 spiro atoms. The van der Waals surface area contributed by atoms with Gasteiger partial charge < -0.3 is 10.0 Å². The molecule has 0 saturated heterocycles. The van der Waals surface area contributed by atoms with Gasteiger partial charge in [-0.15, -0.1) is 0 Å². The van der Waals surface area contributed by atoms with Crippen LogP contribution < -0.4 is 5.56 Å². The third-order valence-corrected chi connectivity index (χ3v) is 4.74. The minimum Gasteiger partial charge on any atom is -0.384 e. The summed E-state index contributed by atoms with van der Waals surface area (Å²) in [6.07, 6.45) is 3.46. The minimum atomic E-state index is -1.09. The number of aliphatic hydroxyl groups is 1. The van der Waals surface area contributed by atoms with E-state index in [1.807, 2.05) is 31.3 Å². The Kier molecular flexibility index (Phi) is 5.36. The Morgan fingerprint density at radius 3 is 2.63 bits per heavy atom. The molecule has 0 aliphatic rings. The molecule has 0 saturated carbocycles. The molecule has 0 bridgehead atoms. The smallest absolute Gasteiger partial charge is 0.278 e. The first-order valence-electron chi connectivity index (χ1n) is 8.60. The van der Waals surface area contributed by atoms with Crippen LogP contribution in [0.2, 0.25) is 0 Å². The van der Waals surface area contributed by atoms with Gasteiger partial charge in [-0.1, -0.05) is 17.8 Å². The van der Waals surface area contributed by atoms with Crippen molar-refractivity contribution in [1.29, 1.82) is 0 Å². The highest BCUT2D eigenvalue weighted by atomic mass is 32.2. The molecule has 0 radical (unpaired) electrons. The van der Waals surface area contributed by atoms with Crippen molar-refractivity contribution >= 4 is 22.8 Å². The average Bonchev–Trinajstić information content (AvgIpc) is 2.90. The number of hydrogen-bond donors (Lipinski definition) is 1. The molecule has 1 N–H and O–H groups in total. The number of aromatic nitrogens is 5. The van der Waals surface area contributed by atoms with Gasteiger partial charge in [0, 0.05) is 12.7 Å². The third kappa shape index (κ3) is 3.90. The number of nitrogens with zero attached hydrogens (tertiary/aromatic N) is 6. The second kappa shape index (κ2) is 7.41. The van der Waals surface area contributed by atoms with Crippen molar-refractivity contribution in [3.8, 4) is 5.82 Å². The average molecular weight is 388 g/mol. The number of rotatable bonds is 6. The molecule has 0 atom stereocenters. The van der Waals surface area contributed by atoms with E-state index in [0.29, 0.717) is 40.8 Å². The monoisotopic (exact) mass is 388 g/mol. The fourth-order valence-electron chi connectivity index (χ4n) is 2.72. The van der Waals surface area contributed by atoms with Crippen LogP contribution >= 0.6 is 11.8 Å². The Bertz CT molecular complexity index is 1020. The van der Waals surface area contributed by atoms with Gasteiger partial charge in [-0.2, -0.15) is 0 Å². The van der Waals surface area contributed by atoms with Gasteiger partial charge in [0.1, 0.15) is 11.0 Å². The second-order valence-corrected chi connectivity index (χ2v) is 7.85. The van der Waals surface area contributed by atoms with Crippen LogP contribution in [-0.2, 0) is 12.1 Å². The third-order valence-electron chi connectivity index (χ3n) is 4.17. The summed E-state index contributed by atoms with van der Waals surface area (Å²) in [6.45, 7) is 4.52. The lowest BCUT2D eigenvalue weighted by Crippen LogP contribution is -2.29. The van der Waals surface area contributed by atoms with Crippen LogP contribution in [0.4, 0.5) is 0 Å². The van der Waals surface area contributed by atoms with Crippen LogP contribution in [-0.4, -0.2) is 61.2 Å². The molecule has 27 heavy (non-hydrogen) atoms. The molecule has 3 rings (SSSR count). The Hall–Kier alpha value is -2.23. The molecule has 0 aliphatic heterocycles. The zero-order chi connectivity index (χ0) is 19.8. The highest BCUT2D eigenvalue weighted by Gasteiger charge is 2.21. The standard InChI is InChI=1S/C18H24N6O2S/c1-18(2,26)13-7-6-8-14(20-13)24-15-12(11-19-17(21-15)27-5)16(25)23(24)10-9-22(3)4/h6-8,11,26H,9-10H2,1-5H3. The molecule has 0 unspecified atom stereocenters. The van der Waals surface area contributed by atoms with Crippen molar-refractivity contribution in [2.24, 2.45) is 0 Å². The Balaban J connectivity index is 2.28. The molecule has 0 fully saturated rings. The molecule has 3 heterocycles. The molecular weight excluding hydrogens is 364 g/mol. The van der Waals surface area contributed by atoms with Crippen molar-refractivity contribution in [2.75, 3.05) is 26.9 Å². The lowest BCUT2D eigenvalue weighted by Gasteiger charge is -2.19. The van der Waals surface area contributed by atoms with Crippen molar-refractivity contribution in [3.63, 3.8) is 0 Å². The van der Waals surface area contributed by atoms with Crippen molar-refractivity contribution in [2.45, 2.75) is 31.1 Å². The van der Waals surface area contributed by atoms with E-state index >= 15 is 0 Å². The van der Waals surface area contributed by atoms with Crippen LogP contribution in [0.25, 0.3) is 16.9 Å². The van der Waals surface area contributed by atoms with Gasteiger partial charge in [0.15, 0.2) is 16.6 Å². The quantitative estimate of drug-likeness (QED) is 0.505. The zero-order valence-electron chi connectivity index (χ0n) is 16.2. The van der Waals surface area contributed by atoms with E-state index in [1.54, 1.807) is 41.5 Å². The van der Waals surface area contributed by atoms with E-state index in [9.17, 15) is 9.90 Å². The van der Waals surface area contributed by atoms with Crippen molar-refractivity contribution in [1.82, 2.24) is 29.2 Å². The first-order chi connectivity index (χ1) is 12.7. The molecule has 0 aliphatic carbocycles. The lowest BCUT2D eigenvalue weighted by molar-refractivity contribution is 0.0738. The van der Waals surface area contributed by atoms with Crippen molar-refractivity contribution < 1.29 is 5.11 Å². The summed E-state index contributed by atoms with van der Waals surface area (Å²) in [5.41, 5.74) is -0.214. The highest BCUT2D eigenvalue weighted by Crippen LogP contribution is 2.21. The molecule has 3 aromatic heterocycles. The van der Waals surface area contributed by atoms with Gasteiger partial charge in [0.05, 0.1) is 12.2 Å². The number of hydrogen-bond acceptors (Lipinski definition) is 7. The van der Waals surface area contributed by atoms with Gasteiger partial charge in [0.25, 0.3) is 5.56 Å². The van der Waals surface area contributed by atoms with Gasteiger partial charge in [-0.05, 0) is 46.3 Å². The Labute approximate surface area is 161 Å². The summed E-state index contributed by atoms with van der Waals surface area (Å²) >= 11 is 1.41. The van der Waals surface area contributed by atoms with E-state index in [-0.39, 0.29) is 5.56 Å². The lowest BCUT2D eigenvalue weighted by atomic mass is 10.1. The highest BCUT2D eigenvalue weighted by molar-refractivity contribution is 7.98. The molecule has 3 aromatic rings. The summed E-state index contributed by atoms with van der Waals surface area (Å²) in [5, 5.41) is 11.4. The summed E-state index contributed by atoms with van der Waals surface area (Å²) in [6, 6.07) is 5.39. The van der Waals surface area contributed by atoms with Gasteiger partial charge >= 0.3 is 0 Å². The summed E-state index contributed by atoms with van der Waals surface area (Å²) in [4.78, 5) is 28.4. The zero-order valence-corrected chi connectivity index (χ0v) is 17.0. The number of pyridine rings is 1. The fourth-order valence-corrected chi connectivity index (χ4v) is 3.06. The first-order valence-corrected chi connectivity index (χ1v) is 9.82. The number of thioether (sulfide) groups is 1. The van der Waals surface area contributed by atoms with Crippen molar-refractivity contribution in [3.05, 3.63) is 40.4 Å². The summed E-state index contributed by atoms with van der Waals surface area (Å²) in [7, 11) is 3.91. The molecule has 9 heteroatoms. The van der Waals surface area contributed by atoms with E-state index in [2.05, 4.69) is 15.0 Å². The predicted octanol–water partition coefficient (Wildman–Crippen LogP) is 1.49. The van der Waals surface area contributed by atoms with E-state index in [1.165, 1.54) is 11.8 Å². The largest absolute Gasteiger partial charge is 0.384 e. The molecular formula is C18H24N6O2S.